The molecular weight excluding hydrogens is 300 g/mol. The van der Waals surface area contributed by atoms with Gasteiger partial charge in [0.25, 0.3) is 0 Å². The third-order valence-electron chi connectivity index (χ3n) is 3.91. The number of nitriles is 1. The van der Waals surface area contributed by atoms with Crippen LogP contribution in [-0.4, -0.2) is 16.0 Å². The maximum atomic E-state index is 10.6. The average Bonchev–Trinajstić information content (AvgIpc) is 2.94. The highest BCUT2D eigenvalue weighted by Crippen LogP contribution is 2.41. The van der Waals surface area contributed by atoms with Crippen molar-refractivity contribution in [2.24, 2.45) is 5.41 Å². The Morgan fingerprint density at radius 2 is 2.23 bits per heavy atom. The van der Waals surface area contributed by atoms with Gasteiger partial charge in [0.05, 0.1) is 5.02 Å². The molecule has 22 heavy (non-hydrogen) atoms. The van der Waals surface area contributed by atoms with Crippen LogP contribution in [-0.2, 0) is 17.8 Å². The van der Waals surface area contributed by atoms with Crippen LogP contribution in [0.3, 0.4) is 0 Å². The lowest BCUT2D eigenvalue weighted by atomic mass is 9.89. The van der Waals surface area contributed by atoms with Crippen LogP contribution in [0.25, 0.3) is 11.1 Å². The first-order chi connectivity index (χ1) is 10.4. The van der Waals surface area contributed by atoms with Crippen LogP contribution in [0.1, 0.15) is 25.2 Å². The van der Waals surface area contributed by atoms with Crippen molar-refractivity contribution in [2.75, 3.05) is 5.32 Å². The lowest BCUT2D eigenvalue weighted by Gasteiger charge is -2.15. The number of carbonyl (C=O) groups excluding carboxylic acids is 1. The van der Waals surface area contributed by atoms with Crippen molar-refractivity contribution >= 4 is 23.8 Å². The third-order valence-corrected chi connectivity index (χ3v) is 4.21. The molecule has 112 valence electrons. The molecule has 5 nitrogen and oxygen atoms in total. The normalized spacial score (nSPS) is 15.2. The van der Waals surface area contributed by atoms with Crippen LogP contribution in [0, 0.1) is 16.7 Å². The predicted molar refractivity (Wildman–Crippen MR) is 84.6 cm³/mol. The van der Waals surface area contributed by atoms with Gasteiger partial charge in [-0.1, -0.05) is 25.4 Å². The summed E-state index contributed by atoms with van der Waals surface area (Å²) in [5.74, 6) is 0.435. The second kappa shape index (κ2) is 5.15. The first kappa shape index (κ1) is 14.6. The summed E-state index contributed by atoms with van der Waals surface area (Å²) >= 11 is 6.29. The zero-order chi connectivity index (χ0) is 15.9. The Hall–Kier alpha value is -2.32. The Labute approximate surface area is 133 Å². The number of anilines is 1. The van der Waals surface area contributed by atoms with E-state index < -0.39 is 0 Å². The minimum atomic E-state index is 0.111. The van der Waals surface area contributed by atoms with Crippen LogP contribution in [0.5, 0.6) is 0 Å². The van der Waals surface area contributed by atoms with Gasteiger partial charge < -0.3 is 9.88 Å². The largest absolute Gasteiger partial charge is 0.335 e. The van der Waals surface area contributed by atoms with Crippen LogP contribution in [0.2, 0.25) is 5.02 Å². The number of carbonyl (C=O) groups is 1. The predicted octanol–water partition coefficient (Wildman–Crippen LogP) is 3.23. The number of rotatable bonds is 3. The third kappa shape index (κ3) is 2.36. The van der Waals surface area contributed by atoms with Crippen molar-refractivity contribution in [3.63, 3.8) is 0 Å². The van der Waals surface area contributed by atoms with Crippen molar-refractivity contribution in [2.45, 2.75) is 26.8 Å². The van der Waals surface area contributed by atoms with Crippen molar-refractivity contribution < 1.29 is 4.79 Å². The highest BCUT2D eigenvalue weighted by Gasteiger charge is 2.33. The SMILES string of the molecule is CC1(C)Cc2c(-c3cc(NC=O)ncc3Cl)cc(C#N)n2C1. The highest BCUT2D eigenvalue weighted by molar-refractivity contribution is 6.33. The maximum absolute atomic E-state index is 10.6. The fourth-order valence-corrected chi connectivity index (χ4v) is 3.21. The molecule has 3 heterocycles. The van der Waals surface area contributed by atoms with Gasteiger partial charge in [0.2, 0.25) is 6.41 Å². The Morgan fingerprint density at radius 1 is 1.45 bits per heavy atom. The van der Waals surface area contributed by atoms with Gasteiger partial charge in [0, 0.05) is 29.6 Å². The van der Waals surface area contributed by atoms with Gasteiger partial charge in [-0.25, -0.2) is 4.98 Å². The fraction of sp³-hybridized carbons (Fsp3) is 0.312. The first-order valence-corrected chi connectivity index (χ1v) is 7.31. The zero-order valence-electron chi connectivity index (χ0n) is 12.4. The Kier molecular flexibility index (Phi) is 3.42. The van der Waals surface area contributed by atoms with Gasteiger partial charge in [-0.3, -0.25) is 4.79 Å². The maximum Gasteiger partial charge on any atom is 0.212 e. The second-order valence-corrected chi connectivity index (χ2v) is 6.65. The van der Waals surface area contributed by atoms with Crippen LogP contribution >= 0.6 is 11.6 Å². The molecular formula is C16H15ClN4O. The molecule has 0 spiro atoms. The highest BCUT2D eigenvalue weighted by atomic mass is 35.5. The molecule has 0 saturated carbocycles. The molecule has 0 aliphatic carbocycles. The number of hydrogen-bond acceptors (Lipinski definition) is 3. The van der Waals surface area contributed by atoms with E-state index in [1.165, 1.54) is 6.20 Å². The molecule has 0 atom stereocenters. The number of hydrogen-bond donors (Lipinski definition) is 1. The van der Waals surface area contributed by atoms with Crippen molar-refractivity contribution in [3.05, 3.63) is 34.7 Å². The molecule has 0 bridgehead atoms. The quantitative estimate of drug-likeness (QED) is 0.884. The minimum Gasteiger partial charge on any atom is -0.335 e. The summed E-state index contributed by atoms with van der Waals surface area (Å²) in [6, 6.07) is 5.84. The summed E-state index contributed by atoms with van der Waals surface area (Å²) in [7, 11) is 0. The number of amides is 1. The van der Waals surface area contributed by atoms with Gasteiger partial charge in [0.15, 0.2) is 0 Å². The molecule has 0 saturated heterocycles. The molecule has 1 amide bonds. The number of fused-ring (bicyclic) bond motifs is 1. The van der Waals surface area contributed by atoms with E-state index in [2.05, 4.69) is 34.8 Å². The molecule has 1 aliphatic heterocycles. The van der Waals surface area contributed by atoms with Crippen LogP contribution in [0.4, 0.5) is 5.82 Å². The summed E-state index contributed by atoms with van der Waals surface area (Å²) in [6.45, 7) is 5.17. The molecule has 0 unspecified atom stereocenters. The number of nitrogens with one attached hydrogen (secondary N) is 1. The van der Waals surface area contributed by atoms with E-state index in [0.717, 1.165) is 29.8 Å². The van der Waals surface area contributed by atoms with Crippen LogP contribution in [0.15, 0.2) is 18.3 Å². The molecule has 0 fully saturated rings. The Balaban J connectivity index is 2.17. The van der Waals surface area contributed by atoms with E-state index >= 15 is 0 Å². The number of aromatic nitrogens is 2. The summed E-state index contributed by atoms with van der Waals surface area (Å²) in [5.41, 5.74) is 3.56. The van der Waals surface area contributed by atoms with E-state index in [1.54, 1.807) is 6.07 Å². The standard InChI is InChI=1S/C16H15ClN4O/c1-16(2)5-14-12(3-10(6-18)21(14)8-16)11-4-15(20-9-22)19-7-13(11)17/h3-4,7,9H,5,8H2,1-2H3,(H,19,20,22). The zero-order valence-corrected chi connectivity index (χ0v) is 13.1. The van der Waals surface area contributed by atoms with E-state index in [9.17, 15) is 10.1 Å². The molecule has 6 heteroatoms. The number of pyridine rings is 1. The van der Waals surface area contributed by atoms with Crippen molar-refractivity contribution in [3.8, 4) is 17.2 Å². The Morgan fingerprint density at radius 3 is 2.91 bits per heavy atom. The van der Waals surface area contributed by atoms with Gasteiger partial charge in [-0.15, -0.1) is 0 Å². The van der Waals surface area contributed by atoms with E-state index in [-0.39, 0.29) is 5.41 Å². The topological polar surface area (TPSA) is 70.7 Å². The molecule has 3 rings (SSSR count). The van der Waals surface area contributed by atoms with E-state index in [4.69, 9.17) is 11.6 Å². The molecule has 2 aromatic rings. The second-order valence-electron chi connectivity index (χ2n) is 6.24. The molecule has 0 radical (unpaired) electrons. The van der Waals surface area contributed by atoms with Gasteiger partial charge in [-0.05, 0) is 24.0 Å². The number of nitrogens with zero attached hydrogens (tertiary/aromatic N) is 3. The van der Waals surface area contributed by atoms with Gasteiger partial charge in [-0.2, -0.15) is 5.26 Å². The van der Waals surface area contributed by atoms with Crippen molar-refractivity contribution in [1.82, 2.24) is 9.55 Å². The summed E-state index contributed by atoms with van der Waals surface area (Å²) in [4.78, 5) is 14.7. The lowest BCUT2D eigenvalue weighted by Crippen LogP contribution is -2.13. The van der Waals surface area contributed by atoms with Gasteiger partial charge in [0.1, 0.15) is 17.6 Å². The molecule has 0 aromatic carbocycles. The van der Waals surface area contributed by atoms with Gasteiger partial charge >= 0.3 is 0 Å². The van der Waals surface area contributed by atoms with Crippen molar-refractivity contribution in [1.29, 1.82) is 5.26 Å². The fourth-order valence-electron chi connectivity index (χ4n) is 3.01. The summed E-state index contributed by atoms with van der Waals surface area (Å²) in [6.07, 6.45) is 2.96. The lowest BCUT2D eigenvalue weighted by molar-refractivity contribution is -0.105. The monoisotopic (exact) mass is 314 g/mol. The summed E-state index contributed by atoms with van der Waals surface area (Å²) < 4.78 is 2.05. The van der Waals surface area contributed by atoms with Crippen LogP contribution < -0.4 is 5.32 Å². The smallest absolute Gasteiger partial charge is 0.212 e. The first-order valence-electron chi connectivity index (χ1n) is 6.94. The van der Waals surface area contributed by atoms with E-state index in [0.29, 0.717) is 22.9 Å². The van der Waals surface area contributed by atoms with E-state index in [1.807, 2.05) is 6.07 Å². The average molecular weight is 315 g/mol. The molecule has 2 aromatic heterocycles. The minimum absolute atomic E-state index is 0.111. The summed E-state index contributed by atoms with van der Waals surface area (Å²) in [5, 5.41) is 12.4. The number of halogens is 1. The molecule has 1 N–H and O–H groups in total. The Bertz CT molecular complexity index is 801. The molecule has 1 aliphatic rings.